The molecule has 0 fully saturated rings. The van der Waals surface area contributed by atoms with Crippen LogP contribution >= 0.6 is 0 Å². The summed E-state index contributed by atoms with van der Waals surface area (Å²) < 4.78 is 0. The summed E-state index contributed by atoms with van der Waals surface area (Å²) in [5, 5.41) is 0. The highest BCUT2D eigenvalue weighted by atomic mass is 15.1. The van der Waals surface area contributed by atoms with Crippen LogP contribution in [-0.2, 0) is 0 Å². The first-order valence-corrected chi connectivity index (χ1v) is 16.3. The Morgan fingerprint density at radius 2 is 0.500 bits per heavy atom. The van der Waals surface area contributed by atoms with Crippen molar-refractivity contribution in [3.63, 3.8) is 0 Å². The molecule has 6 aromatic carbocycles. The van der Waals surface area contributed by atoms with Crippen molar-refractivity contribution >= 4 is 34.1 Å². The molecular formula is C44H44N2. The van der Waals surface area contributed by atoms with E-state index in [9.17, 15) is 0 Å². The fourth-order valence-electron chi connectivity index (χ4n) is 6.29. The van der Waals surface area contributed by atoms with Crippen molar-refractivity contribution in [3.8, 4) is 0 Å². The van der Waals surface area contributed by atoms with Crippen LogP contribution in [0.25, 0.3) is 0 Å². The van der Waals surface area contributed by atoms with Gasteiger partial charge in [-0.25, -0.2) is 0 Å². The third-order valence-corrected chi connectivity index (χ3v) is 8.86. The van der Waals surface area contributed by atoms with Crippen molar-refractivity contribution in [2.24, 2.45) is 5.92 Å². The Kier molecular flexibility index (Phi) is 9.08. The first-order chi connectivity index (χ1) is 22.3. The van der Waals surface area contributed by atoms with Crippen LogP contribution in [0.15, 0.2) is 146 Å². The fraction of sp³-hybridized carbons (Fsp3) is 0.182. The maximum atomic E-state index is 2.34. The maximum Gasteiger partial charge on any atom is 0.0461 e. The lowest BCUT2D eigenvalue weighted by Gasteiger charge is -2.28. The van der Waals surface area contributed by atoms with Crippen LogP contribution < -0.4 is 9.80 Å². The Balaban J connectivity index is 1.33. The standard InChI is InChI=1S/C44H44N2/c1-31(2)44(36-15-27-42(28-16-36)45(38-19-7-32(3)8-20-38)39-21-9-33(4)10-22-39)37-17-29-43(30-18-37)46(40-23-11-34(5)12-24-40)41-25-13-35(6)14-26-41/h7-31,44H,1-6H3. The molecule has 0 aromatic heterocycles. The van der Waals surface area contributed by atoms with Crippen LogP contribution in [0.5, 0.6) is 0 Å². The molecule has 0 aliphatic carbocycles. The smallest absolute Gasteiger partial charge is 0.0461 e. The van der Waals surface area contributed by atoms with Crippen molar-refractivity contribution in [2.45, 2.75) is 47.5 Å². The van der Waals surface area contributed by atoms with Gasteiger partial charge >= 0.3 is 0 Å². The number of aryl methyl sites for hydroxylation is 4. The number of nitrogens with zero attached hydrogens (tertiary/aromatic N) is 2. The minimum absolute atomic E-state index is 0.280. The molecule has 0 saturated heterocycles. The maximum absolute atomic E-state index is 2.34. The van der Waals surface area contributed by atoms with E-state index in [0.717, 1.165) is 34.1 Å². The van der Waals surface area contributed by atoms with Crippen molar-refractivity contribution in [1.29, 1.82) is 0 Å². The van der Waals surface area contributed by atoms with Gasteiger partial charge in [0, 0.05) is 40.0 Å². The second-order valence-electron chi connectivity index (χ2n) is 12.9. The summed E-state index contributed by atoms with van der Waals surface area (Å²) in [6.07, 6.45) is 0. The molecule has 2 heteroatoms. The highest BCUT2D eigenvalue weighted by Gasteiger charge is 2.21. The molecule has 230 valence electrons. The molecule has 0 spiro atoms. The van der Waals surface area contributed by atoms with Crippen molar-refractivity contribution < 1.29 is 0 Å². The van der Waals surface area contributed by atoms with E-state index in [0.29, 0.717) is 5.92 Å². The normalized spacial score (nSPS) is 11.2. The van der Waals surface area contributed by atoms with E-state index in [1.54, 1.807) is 0 Å². The molecule has 0 unspecified atom stereocenters. The van der Waals surface area contributed by atoms with Crippen LogP contribution in [0.4, 0.5) is 34.1 Å². The van der Waals surface area contributed by atoms with Crippen molar-refractivity contribution in [2.75, 3.05) is 9.80 Å². The first kappa shape index (κ1) is 30.9. The summed E-state index contributed by atoms with van der Waals surface area (Å²) in [5.41, 5.74) is 14.6. The quantitative estimate of drug-likeness (QED) is 0.163. The zero-order valence-electron chi connectivity index (χ0n) is 27.9. The highest BCUT2D eigenvalue weighted by Crippen LogP contribution is 2.40. The lowest BCUT2D eigenvalue weighted by atomic mass is 9.82. The van der Waals surface area contributed by atoms with Gasteiger partial charge in [-0.05, 0) is 118 Å². The molecule has 0 N–H and O–H groups in total. The molecule has 6 rings (SSSR count). The molecule has 0 aliphatic rings. The van der Waals surface area contributed by atoms with Gasteiger partial charge in [0.2, 0.25) is 0 Å². The Labute approximate surface area is 275 Å². The van der Waals surface area contributed by atoms with E-state index in [4.69, 9.17) is 0 Å². The van der Waals surface area contributed by atoms with Gasteiger partial charge in [-0.2, -0.15) is 0 Å². The van der Waals surface area contributed by atoms with Crippen LogP contribution in [0, 0.1) is 33.6 Å². The van der Waals surface area contributed by atoms with Gasteiger partial charge in [-0.3, -0.25) is 0 Å². The zero-order valence-corrected chi connectivity index (χ0v) is 27.9. The first-order valence-electron chi connectivity index (χ1n) is 16.3. The summed E-state index contributed by atoms with van der Waals surface area (Å²) in [6.45, 7) is 13.2. The SMILES string of the molecule is Cc1ccc(N(c2ccc(C)cc2)c2ccc(C(c3ccc(N(c4ccc(C)cc4)c4ccc(C)cc4)cc3)C(C)C)cc2)cc1. The Bertz CT molecular complexity index is 1620. The Hall–Kier alpha value is -5.08. The Morgan fingerprint density at radius 1 is 0.304 bits per heavy atom. The van der Waals surface area contributed by atoms with Crippen molar-refractivity contribution in [1.82, 2.24) is 0 Å². The van der Waals surface area contributed by atoms with Gasteiger partial charge in [0.25, 0.3) is 0 Å². The van der Waals surface area contributed by atoms with E-state index in [1.807, 2.05) is 0 Å². The lowest BCUT2D eigenvalue weighted by Crippen LogP contribution is -2.12. The summed E-state index contributed by atoms with van der Waals surface area (Å²) in [4.78, 5) is 4.68. The second kappa shape index (κ2) is 13.5. The molecule has 0 amide bonds. The van der Waals surface area contributed by atoms with Crippen LogP contribution in [-0.4, -0.2) is 0 Å². The molecule has 0 bridgehead atoms. The third kappa shape index (κ3) is 6.77. The van der Waals surface area contributed by atoms with Crippen molar-refractivity contribution in [3.05, 3.63) is 179 Å². The zero-order chi connectivity index (χ0) is 32.2. The molecule has 2 nitrogen and oxygen atoms in total. The predicted molar refractivity (Wildman–Crippen MR) is 198 cm³/mol. The molecule has 0 radical (unpaired) electrons. The summed E-state index contributed by atoms with van der Waals surface area (Å²) in [7, 11) is 0. The van der Waals surface area contributed by atoms with Gasteiger partial charge in [0.15, 0.2) is 0 Å². The summed E-state index contributed by atoms with van der Waals surface area (Å²) in [6, 6.07) is 53.5. The molecule has 0 aliphatic heterocycles. The number of anilines is 6. The fourth-order valence-corrected chi connectivity index (χ4v) is 6.29. The molecule has 0 saturated carbocycles. The van der Waals surface area contributed by atoms with Gasteiger partial charge in [-0.15, -0.1) is 0 Å². The highest BCUT2D eigenvalue weighted by molar-refractivity contribution is 5.78. The average Bonchev–Trinajstić information content (AvgIpc) is 3.06. The molecule has 0 heterocycles. The van der Waals surface area contributed by atoms with Crippen LogP contribution in [0.2, 0.25) is 0 Å². The third-order valence-electron chi connectivity index (χ3n) is 8.86. The number of hydrogen-bond acceptors (Lipinski definition) is 2. The minimum Gasteiger partial charge on any atom is -0.311 e. The van der Waals surface area contributed by atoms with Crippen LogP contribution in [0.1, 0.15) is 53.1 Å². The second-order valence-corrected chi connectivity index (χ2v) is 12.9. The van der Waals surface area contributed by atoms with Gasteiger partial charge < -0.3 is 9.80 Å². The minimum atomic E-state index is 0.280. The molecule has 0 atom stereocenters. The predicted octanol–water partition coefficient (Wildman–Crippen LogP) is 12.6. The number of hydrogen-bond donors (Lipinski definition) is 0. The van der Waals surface area contributed by atoms with Gasteiger partial charge in [-0.1, -0.05) is 109 Å². The summed E-state index contributed by atoms with van der Waals surface area (Å²) in [5.74, 6) is 0.717. The van der Waals surface area contributed by atoms with Gasteiger partial charge in [0.05, 0.1) is 0 Å². The summed E-state index contributed by atoms with van der Waals surface area (Å²) >= 11 is 0. The van der Waals surface area contributed by atoms with E-state index in [-0.39, 0.29) is 5.92 Å². The Morgan fingerprint density at radius 3 is 0.696 bits per heavy atom. The topological polar surface area (TPSA) is 6.48 Å². The van der Waals surface area contributed by atoms with E-state index in [1.165, 1.54) is 33.4 Å². The number of benzene rings is 6. The average molecular weight is 601 g/mol. The molecule has 46 heavy (non-hydrogen) atoms. The largest absolute Gasteiger partial charge is 0.311 e. The van der Waals surface area contributed by atoms with E-state index in [2.05, 4.69) is 197 Å². The number of rotatable bonds is 9. The molecular weight excluding hydrogens is 556 g/mol. The van der Waals surface area contributed by atoms with Gasteiger partial charge in [0.1, 0.15) is 0 Å². The van der Waals surface area contributed by atoms with E-state index < -0.39 is 0 Å². The lowest BCUT2D eigenvalue weighted by molar-refractivity contribution is 0.564. The van der Waals surface area contributed by atoms with E-state index >= 15 is 0 Å². The van der Waals surface area contributed by atoms with Crippen LogP contribution in [0.3, 0.4) is 0 Å². The molecule has 6 aromatic rings. The monoisotopic (exact) mass is 600 g/mol.